The van der Waals surface area contributed by atoms with Crippen LogP contribution in [-0.2, 0) is 14.3 Å². The molecule has 0 spiro atoms. The molecule has 0 rings (SSSR count). The highest BCUT2D eigenvalue weighted by atomic mass is 16.5. The normalized spacial score (nSPS) is 12.9. The van der Waals surface area contributed by atoms with Gasteiger partial charge in [-0.15, -0.1) is 0 Å². The lowest BCUT2D eigenvalue weighted by Gasteiger charge is -2.20. The van der Waals surface area contributed by atoms with E-state index in [2.05, 4.69) is 55.6 Å². The van der Waals surface area contributed by atoms with Gasteiger partial charge in [-0.3, -0.25) is 9.59 Å². The summed E-state index contributed by atoms with van der Waals surface area (Å²) in [5.74, 6) is -0.0683. The number of carbonyl (C=O) groups is 2. The molecule has 0 aliphatic rings. The molecule has 6 nitrogen and oxygen atoms in total. The van der Waals surface area contributed by atoms with Gasteiger partial charge in [0.1, 0.15) is 0 Å². The molecule has 0 aromatic carbocycles. The monoisotopic (exact) mass is 982 g/mol. The molecule has 0 fully saturated rings. The molecule has 6 heteroatoms. The lowest BCUT2D eigenvalue weighted by molar-refractivity contribution is -0.143. The number of amides is 1. The van der Waals surface area contributed by atoms with Crippen LogP contribution in [0.15, 0.2) is 48.6 Å². The molecule has 0 aromatic heterocycles. The van der Waals surface area contributed by atoms with E-state index >= 15 is 0 Å². The molecular formula is C64H119NO5. The van der Waals surface area contributed by atoms with Gasteiger partial charge in [0.15, 0.2) is 0 Å². The Morgan fingerprint density at radius 2 is 0.714 bits per heavy atom. The first-order valence-electron chi connectivity index (χ1n) is 30.9. The van der Waals surface area contributed by atoms with Crippen molar-refractivity contribution in [2.45, 2.75) is 334 Å². The topological polar surface area (TPSA) is 95.9 Å². The first-order chi connectivity index (χ1) is 34.5. The van der Waals surface area contributed by atoms with Crippen LogP contribution in [0.4, 0.5) is 0 Å². The third kappa shape index (κ3) is 55.1. The third-order valence-electron chi connectivity index (χ3n) is 14.1. The maximum absolute atomic E-state index is 12.4. The van der Waals surface area contributed by atoms with Gasteiger partial charge in [0.05, 0.1) is 25.4 Å². The summed E-state index contributed by atoms with van der Waals surface area (Å²) in [4.78, 5) is 24.4. The number of carbonyl (C=O) groups excluding carboxylic acids is 2. The second-order valence-corrected chi connectivity index (χ2v) is 21.0. The van der Waals surface area contributed by atoms with Gasteiger partial charge < -0.3 is 20.3 Å². The summed E-state index contributed by atoms with van der Waals surface area (Å²) < 4.78 is 5.48. The molecule has 0 aromatic rings. The van der Waals surface area contributed by atoms with Gasteiger partial charge in [-0.25, -0.2) is 0 Å². The van der Waals surface area contributed by atoms with Crippen LogP contribution in [0.1, 0.15) is 322 Å². The smallest absolute Gasteiger partial charge is 0.305 e. The Labute approximate surface area is 436 Å². The summed E-state index contributed by atoms with van der Waals surface area (Å²) in [5.41, 5.74) is 0. The average molecular weight is 983 g/mol. The molecule has 1 amide bonds. The maximum atomic E-state index is 12.4. The van der Waals surface area contributed by atoms with Gasteiger partial charge in [-0.2, -0.15) is 0 Å². The molecule has 0 saturated heterocycles. The van der Waals surface area contributed by atoms with Crippen LogP contribution in [0, 0.1) is 0 Å². The Kier molecular flexibility index (Phi) is 57.5. The van der Waals surface area contributed by atoms with E-state index in [1.807, 2.05) is 6.08 Å². The predicted octanol–water partition coefficient (Wildman–Crippen LogP) is 19.4. The number of allylic oxidation sites excluding steroid dienone is 7. The van der Waals surface area contributed by atoms with E-state index in [0.29, 0.717) is 19.4 Å². The van der Waals surface area contributed by atoms with Gasteiger partial charge >= 0.3 is 5.97 Å². The molecule has 0 bridgehead atoms. The van der Waals surface area contributed by atoms with Crippen LogP contribution >= 0.6 is 0 Å². The van der Waals surface area contributed by atoms with Crippen LogP contribution in [0.3, 0.4) is 0 Å². The number of aliphatic hydroxyl groups excluding tert-OH is 2. The summed E-state index contributed by atoms with van der Waals surface area (Å²) >= 11 is 0. The SMILES string of the molecule is CCCCC/C=C\C/C=C\CCCCCCCC(=O)OCCCCCCCCCCCCCC/C=C\CCCCCCCCCCCCCCCC(=O)NC(CO)C(O)/C=C/CCCCCCCCC. The van der Waals surface area contributed by atoms with E-state index in [0.717, 1.165) is 51.4 Å². The summed E-state index contributed by atoms with van der Waals surface area (Å²) in [6.45, 7) is 4.85. The molecule has 0 aliphatic carbocycles. The Balaban J connectivity index is 3.36. The van der Waals surface area contributed by atoms with Crippen molar-refractivity contribution in [1.82, 2.24) is 5.32 Å². The van der Waals surface area contributed by atoms with Gasteiger partial charge in [0.2, 0.25) is 5.91 Å². The summed E-state index contributed by atoms with van der Waals surface area (Å²) in [6, 6.07) is -0.625. The Bertz CT molecular complexity index is 1180. The molecule has 3 N–H and O–H groups in total. The maximum Gasteiger partial charge on any atom is 0.305 e. The minimum atomic E-state index is -0.842. The van der Waals surface area contributed by atoms with Gasteiger partial charge in [0, 0.05) is 12.8 Å². The van der Waals surface area contributed by atoms with E-state index in [1.54, 1.807) is 6.08 Å². The fourth-order valence-electron chi connectivity index (χ4n) is 9.31. The standard InChI is InChI=1S/C64H119NO5/c1-3-5-7-9-11-13-14-15-31-35-38-42-46-50-54-58-64(69)70-59-55-51-47-43-39-36-33-30-28-26-24-22-20-18-16-17-19-21-23-25-27-29-32-34-37-41-45-49-53-57-63(68)65-61(60-66)62(67)56-52-48-44-40-12-10-8-6-4-2/h11,13,15-16,18,31,52,56,61-62,66-67H,3-10,12,14,17,19-30,32-51,53-55,57-60H2,1-2H3,(H,65,68)/b13-11-,18-16-,31-15-,56-52+. The largest absolute Gasteiger partial charge is 0.466 e. The minimum Gasteiger partial charge on any atom is -0.466 e. The second-order valence-electron chi connectivity index (χ2n) is 21.0. The second kappa shape index (κ2) is 59.4. The van der Waals surface area contributed by atoms with Crippen LogP contribution in [0.25, 0.3) is 0 Å². The van der Waals surface area contributed by atoms with E-state index < -0.39 is 12.1 Å². The van der Waals surface area contributed by atoms with Crippen molar-refractivity contribution < 1.29 is 24.5 Å². The van der Waals surface area contributed by atoms with Crippen LogP contribution in [-0.4, -0.2) is 47.4 Å². The zero-order valence-electron chi connectivity index (χ0n) is 46.7. The summed E-state index contributed by atoms with van der Waals surface area (Å²) in [7, 11) is 0. The highest BCUT2D eigenvalue weighted by Gasteiger charge is 2.18. The number of ether oxygens (including phenoxy) is 1. The highest BCUT2D eigenvalue weighted by molar-refractivity contribution is 5.76. The van der Waals surface area contributed by atoms with Gasteiger partial charge in [-0.1, -0.05) is 268 Å². The van der Waals surface area contributed by atoms with Gasteiger partial charge in [-0.05, 0) is 89.9 Å². The quantitative estimate of drug-likeness (QED) is 0.0321. The van der Waals surface area contributed by atoms with Crippen molar-refractivity contribution >= 4 is 11.9 Å². The van der Waals surface area contributed by atoms with Crippen LogP contribution < -0.4 is 5.32 Å². The fraction of sp³-hybridized carbons (Fsp3) is 0.844. The van der Waals surface area contributed by atoms with E-state index in [-0.39, 0.29) is 18.5 Å². The first kappa shape index (κ1) is 67.8. The van der Waals surface area contributed by atoms with Gasteiger partial charge in [0.25, 0.3) is 0 Å². The molecule has 2 atom stereocenters. The highest BCUT2D eigenvalue weighted by Crippen LogP contribution is 2.17. The number of hydrogen-bond donors (Lipinski definition) is 3. The molecular weight excluding hydrogens is 863 g/mol. The molecule has 0 heterocycles. The number of aliphatic hydroxyl groups is 2. The Hall–Kier alpha value is -2.18. The van der Waals surface area contributed by atoms with E-state index in [9.17, 15) is 19.8 Å². The van der Waals surface area contributed by atoms with Crippen molar-refractivity contribution in [3.63, 3.8) is 0 Å². The lowest BCUT2D eigenvalue weighted by Crippen LogP contribution is -2.45. The molecule has 70 heavy (non-hydrogen) atoms. The van der Waals surface area contributed by atoms with Crippen molar-refractivity contribution in [2.24, 2.45) is 0 Å². The minimum absolute atomic E-state index is 0.00161. The third-order valence-corrected chi connectivity index (χ3v) is 14.1. The van der Waals surface area contributed by atoms with Crippen LogP contribution in [0.5, 0.6) is 0 Å². The molecule has 0 radical (unpaired) electrons. The van der Waals surface area contributed by atoms with Crippen molar-refractivity contribution in [3.05, 3.63) is 48.6 Å². The zero-order valence-corrected chi connectivity index (χ0v) is 46.7. The zero-order chi connectivity index (χ0) is 50.7. The van der Waals surface area contributed by atoms with Crippen molar-refractivity contribution in [1.29, 1.82) is 0 Å². The Morgan fingerprint density at radius 1 is 0.400 bits per heavy atom. The van der Waals surface area contributed by atoms with Crippen LogP contribution in [0.2, 0.25) is 0 Å². The Morgan fingerprint density at radius 3 is 1.13 bits per heavy atom. The van der Waals surface area contributed by atoms with E-state index in [4.69, 9.17) is 4.74 Å². The molecule has 0 saturated carbocycles. The fourth-order valence-corrected chi connectivity index (χ4v) is 9.31. The molecule has 410 valence electrons. The van der Waals surface area contributed by atoms with E-state index in [1.165, 1.54) is 244 Å². The number of rotatable bonds is 57. The molecule has 0 aliphatic heterocycles. The summed E-state index contributed by atoms with van der Waals surface area (Å²) in [5, 5.41) is 22.9. The number of hydrogen-bond acceptors (Lipinski definition) is 5. The average Bonchev–Trinajstić information content (AvgIpc) is 3.36. The number of unbranched alkanes of at least 4 members (excludes halogenated alkanes) is 40. The predicted molar refractivity (Wildman–Crippen MR) is 306 cm³/mol. The number of esters is 1. The molecule has 2 unspecified atom stereocenters. The summed E-state index contributed by atoms with van der Waals surface area (Å²) in [6.07, 6.45) is 76.0. The number of nitrogens with one attached hydrogen (secondary N) is 1. The lowest BCUT2D eigenvalue weighted by atomic mass is 10.0. The van der Waals surface area contributed by atoms with Crippen molar-refractivity contribution in [3.8, 4) is 0 Å². The van der Waals surface area contributed by atoms with Crippen molar-refractivity contribution in [2.75, 3.05) is 13.2 Å². The first-order valence-corrected chi connectivity index (χ1v) is 30.9.